The molecule has 0 aliphatic carbocycles. The van der Waals surface area contributed by atoms with Gasteiger partial charge in [-0.3, -0.25) is 19.6 Å². The first-order chi connectivity index (χ1) is 14.4. The van der Waals surface area contributed by atoms with Crippen LogP contribution in [0.5, 0.6) is 0 Å². The first-order valence-electron chi connectivity index (χ1n) is 11.0. The van der Waals surface area contributed by atoms with Gasteiger partial charge in [0, 0.05) is 70.1 Å². The number of hydrogen-bond donors (Lipinski definition) is 0. The van der Waals surface area contributed by atoms with Gasteiger partial charge in [-0.2, -0.15) is 0 Å². The number of halogens is 1. The zero-order valence-corrected chi connectivity index (χ0v) is 18.5. The summed E-state index contributed by atoms with van der Waals surface area (Å²) in [5.41, 5.74) is 0.382. The molecule has 0 unspecified atom stereocenters. The number of pyridine rings is 1. The van der Waals surface area contributed by atoms with Crippen molar-refractivity contribution in [3.05, 3.63) is 41.7 Å². The molecule has 0 atom stereocenters. The summed E-state index contributed by atoms with van der Waals surface area (Å²) in [5, 5.41) is 0. The molecule has 0 radical (unpaired) electrons. The number of allylic oxidation sites excluding steroid dienone is 1. The Morgan fingerprint density at radius 3 is 2.63 bits per heavy atom. The molecule has 2 aliphatic heterocycles. The standard InChI is InChI=1S/C23H34FN5O/c1-4-22(30)29(21-9-5-6-11-26-21)18-23(2,3)28-16-14-27(15-17-28)13-10-20-19(24)8-7-12-25-20/h7-9,11-12H,4-6,10,13-18H2,1-3H3. The summed E-state index contributed by atoms with van der Waals surface area (Å²) in [6.45, 7) is 11.5. The quantitative estimate of drug-likeness (QED) is 0.655. The molecular weight excluding hydrogens is 381 g/mol. The van der Waals surface area contributed by atoms with E-state index < -0.39 is 0 Å². The van der Waals surface area contributed by atoms with Crippen LogP contribution < -0.4 is 0 Å². The van der Waals surface area contributed by atoms with Gasteiger partial charge in [0.2, 0.25) is 5.91 Å². The third-order valence-electron chi connectivity index (χ3n) is 6.00. The number of carbonyl (C=O) groups excluding carboxylic acids is 1. The van der Waals surface area contributed by atoms with E-state index in [1.54, 1.807) is 12.3 Å². The number of aromatic nitrogens is 1. The van der Waals surface area contributed by atoms with Crippen molar-refractivity contribution in [3.63, 3.8) is 0 Å². The van der Waals surface area contributed by atoms with Crippen molar-refractivity contribution in [2.24, 2.45) is 4.99 Å². The Bertz CT molecular complexity index is 784. The molecule has 1 fully saturated rings. The molecule has 1 aromatic heterocycles. The lowest BCUT2D eigenvalue weighted by Crippen LogP contribution is -2.59. The number of nitrogens with zero attached hydrogens (tertiary/aromatic N) is 5. The van der Waals surface area contributed by atoms with Gasteiger partial charge in [-0.05, 0) is 44.9 Å². The second kappa shape index (κ2) is 10.3. The summed E-state index contributed by atoms with van der Waals surface area (Å²) in [7, 11) is 0. The highest BCUT2D eigenvalue weighted by Crippen LogP contribution is 2.23. The Morgan fingerprint density at radius 2 is 2.00 bits per heavy atom. The van der Waals surface area contributed by atoms with Crippen LogP contribution in [0.25, 0.3) is 0 Å². The van der Waals surface area contributed by atoms with Crippen LogP contribution in [0.3, 0.4) is 0 Å². The highest BCUT2D eigenvalue weighted by Gasteiger charge is 2.34. The fourth-order valence-corrected chi connectivity index (χ4v) is 4.10. The van der Waals surface area contributed by atoms with Crippen molar-refractivity contribution >= 4 is 12.1 Å². The molecule has 7 heteroatoms. The summed E-state index contributed by atoms with van der Waals surface area (Å²) >= 11 is 0. The van der Waals surface area contributed by atoms with Crippen LogP contribution in [0.15, 0.2) is 35.2 Å². The minimum absolute atomic E-state index is 0.115. The van der Waals surface area contributed by atoms with Crippen LogP contribution in [0, 0.1) is 5.82 Å². The largest absolute Gasteiger partial charge is 0.300 e. The number of hydrogen-bond acceptors (Lipinski definition) is 5. The summed E-state index contributed by atoms with van der Waals surface area (Å²) in [6, 6.07) is 3.10. The van der Waals surface area contributed by atoms with E-state index in [0.29, 0.717) is 25.1 Å². The van der Waals surface area contributed by atoms with Crippen molar-refractivity contribution in [1.29, 1.82) is 0 Å². The molecule has 0 saturated carbocycles. The maximum absolute atomic E-state index is 13.8. The molecule has 1 saturated heterocycles. The van der Waals surface area contributed by atoms with Gasteiger partial charge >= 0.3 is 0 Å². The van der Waals surface area contributed by atoms with Crippen molar-refractivity contribution in [2.75, 3.05) is 39.3 Å². The van der Waals surface area contributed by atoms with Crippen LogP contribution in [0.2, 0.25) is 0 Å². The van der Waals surface area contributed by atoms with Gasteiger partial charge in [-0.25, -0.2) is 9.38 Å². The number of rotatable bonds is 8. The molecule has 1 amide bonds. The van der Waals surface area contributed by atoms with Gasteiger partial charge in [0.05, 0.1) is 5.69 Å². The Hall–Kier alpha value is -2.12. The molecule has 3 heterocycles. The van der Waals surface area contributed by atoms with Crippen molar-refractivity contribution in [3.8, 4) is 0 Å². The molecule has 6 nitrogen and oxygen atoms in total. The van der Waals surface area contributed by atoms with E-state index in [1.165, 1.54) is 6.07 Å². The number of amides is 1. The van der Waals surface area contributed by atoms with Gasteiger partial charge in [0.15, 0.2) is 0 Å². The monoisotopic (exact) mass is 415 g/mol. The Morgan fingerprint density at radius 1 is 1.23 bits per heavy atom. The minimum Gasteiger partial charge on any atom is -0.300 e. The molecule has 1 aromatic rings. The molecule has 0 N–H and O–H groups in total. The molecular formula is C23H34FN5O. The van der Waals surface area contributed by atoms with E-state index >= 15 is 0 Å². The van der Waals surface area contributed by atoms with E-state index in [2.05, 4.69) is 39.7 Å². The third-order valence-corrected chi connectivity index (χ3v) is 6.00. The van der Waals surface area contributed by atoms with Crippen LogP contribution in [0.1, 0.15) is 45.7 Å². The SMILES string of the molecule is CCC(=O)N(CC(C)(C)N1CCN(CCc2ncccc2F)CC1)C1=CCCC=N1. The highest BCUT2D eigenvalue weighted by atomic mass is 19.1. The maximum atomic E-state index is 13.8. The Labute approximate surface area is 179 Å². The lowest BCUT2D eigenvalue weighted by molar-refractivity contribution is -0.130. The normalized spacial score (nSPS) is 18.3. The van der Waals surface area contributed by atoms with Gasteiger partial charge in [-0.1, -0.05) is 6.92 Å². The predicted molar refractivity (Wildman–Crippen MR) is 118 cm³/mol. The summed E-state index contributed by atoms with van der Waals surface area (Å²) in [5.74, 6) is 0.680. The topological polar surface area (TPSA) is 52.0 Å². The van der Waals surface area contributed by atoms with E-state index in [0.717, 1.165) is 51.4 Å². The molecule has 0 bridgehead atoms. The minimum atomic E-state index is -0.224. The summed E-state index contributed by atoms with van der Waals surface area (Å²) in [4.78, 5) is 27.9. The molecule has 30 heavy (non-hydrogen) atoms. The molecule has 2 aliphatic rings. The maximum Gasteiger partial charge on any atom is 0.227 e. The van der Waals surface area contributed by atoms with Crippen LogP contribution in [0.4, 0.5) is 4.39 Å². The molecule has 3 rings (SSSR count). The lowest BCUT2D eigenvalue weighted by atomic mass is 10.00. The van der Waals surface area contributed by atoms with Crippen LogP contribution >= 0.6 is 0 Å². The van der Waals surface area contributed by atoms with Crippen molar-refractivity contribution in [1.82, 2.24) is 19.7 Å². The van der Waals surface area contributed by atoms with Crippen molar-refractivity contribution < 1.29 is 9.18 Å². The van der Waals surface area contributed by atoms with Crippen LogP contribution in [-0.4, -0.2) is 76.6 Å². The smallest absolute Gasteiger partial charge is 0.227 e. The van der Waals surface area contributed by atoms with Gasteiger partial charge in [0.25, 0.3) is 0 Å². The average molecular weight is 416 g/mol. The van der Waals surface area contributed by atoms with Gasteiger partial charge in [0.1, 0.15) is 11.6 Å². The van der Waals surface area contributed by atoms with Crippen molar-refractivity contribution in [2.45, 2.75) is 52.0 Å². The number of carbonyl (C=O) groups is 1. The zero-order valence-electron chi connectivity index (χ0n) is 18.5. The van der Waals surface area contributed by atoms with E-state index in [9.17, 15) is 9.18 Å². The lowest BCUT2D eigenvalue weighted by Gasteiger charge is -2.46. The molecule has 0 aromatic carbocycles. The zero-order chi connectivity index (χ0) is 21.6. The Kier molecular flexibility index (Phi) is 7.72. The second-order valence-corrected chi connectivity index (χ2v) is 8.61. The van der Waals surface area contributed by atoms with Gasteiger partial charge < -0.3 is 4.90 Å². The first kappa shape index (κ1) is 22.6. The van der Waals surface area contributed by atoms with E-state index in [4.69, 9.17) is 0 Å². The third kappa shape index (κ3) is 5.73. The predicted octanol–water partition coefficient (Wildman–Crippen LogP) is 3.10. The van der Waals surface area contributed by atoms with Crippen LogP contribution in [-0.2, 0) is 11.2 Å². The second-order valence-electron chi connectivity index (χ2n) is 8.61. The Balaban J connectivity index is 1.55. The molecule has 0 spiro atoms. The van der Waals surface area contributed by atoms with E-state index in [1.807, 2.05) is 18.0 Å². The summed E-state index contributed by atoms with van der Waals surface area (Å²) in [6.07, 6.45) is 8.59. The highest BCUT2D eigenvalue weighted by molar-refractivity contribution is 5.78. The average Bonchev–Trinajstić information content (AvgIpc) is 2.77. The molecule has 164 valence electrons. The summed E-state index contributed by atoms with van der Waals surface area (Å²) < 4.78 is 13.8. The number of aliphatic imine (C=N–C) groups is 1. The first-order valence-corrected chi connectivity index (χ1v) is 11.0. The van der Waals surface area contributed by atoms with Gasteiger partial charge in [-0.15, -0.1) is 0 Å². The fourth-order valence-electron chi connectivity index (χ4n) is 4.10. The fraction of sp³-hybridized carbons (Fsp3) is 0.609. The number of piperazine rings is 1. The van der Waals surface area contributed by atoms with E-state index in [-0.39, 0.29) is 17.3 Å².